The van der Waals surface area contributed by atoms with Gasteiger partial charge in [-0.15, -0.1) is 11.3 Å². The summed E-state index contributed by atoms with van der Waals surface area (Å²) in [4.78, 5) is 24.2. The maximum atomic E-state index is 11.9. The molecule has 2 N–H and O–H groups in total. The lowest BCUT2D eigenvalue weighted by molar-refractivity contribution is -0.126. The molecule has 7 heteroatoms. The number of carbonyl (C=O) groups excluding carboxylic acids is 2. The number of nitrogens with one attached hydrogen (secondary N) is 2. The van der Waals surface area contributed by atoms with Crippen molar-refractivity contribution in [3.63, 3.8) is 0 Å². The van der Waals surface area contributed by atoms with Crippen LogP contribution < -0.4 is 10.6 Å². The number of rotatable bonds is 7. The molecule has 1 aromatic heterocycles. The van der Waals surface area contributed by atoms with E-state index in [-0.39, 0.29) is 24.3 Å². The third kappa shape index (κ3) is 5.71. The lowest BCUT2D eigenvalue weighted by Crippen LogP contribution is -2.39. The molecule has 0 saturated carbocycles. The molecule has 0 fully saturated rings. The quantitative estimate of drug-likeness (QED) is 0.733. The molecule has 0 aromatic carbocycles. The highest BCUT2D eigenvalue weighted by Gasteiger charge is 2.17. The highest BCUT2D eigenvalue weighted by atomic mass is 79.9. The summed E-state index contributed by atoms with van der Waals surface area (Å²) in [6.45, 7) is 2.70. The van der Waals surface area contributed by atoms with Crippen molar-refractivity contribution in [1.82, 2.24) is 10.6 Å². The van der Waals surface area contributed by atoms with Gasteiger partial charge in [0.2, 0.25) is 11.8 Å². The van der Waals surface area contributed by atoms with Crippen LogP contribution in [0.2, 0.25) is 0 Å². The predicted molar refractivity (Wildman–Crippen MR) is 78.3 cm³/mol. The first-order valence-corrected chi connectivity index (χ1v) is 7.44. The number of amides is 2. The van der Waals surface area contributed by atoms with Crippen LogP contribution in [-0.4, -0.2) is 38.6 Å². The summed E-state index contributed by atoms with van der Waals surface area (Å²) in [5.74, 6) is -0.635. The van der Waals surface area contributed by atoms with E-state index in [2.05, 4.69) is 26.6 Å². The van der Waals surface area contributed by atoms with Gasteiger partial charge in [-0.25, -0.2) is 0 Å². The van der Waals surface area contributed by atoms with E-state index in [1.807, 2.05) is 19.1 Å². The molecule has 1 rings (SSSR count). The summed E-state index contributed by atoms with van der Waals surface area (Å²) < 4.78 is 5.80. The molecule has 0 aliphatic carbocycles. The minimum atomic E-state index is -0.261. The van der Waals surface area contributed by atoms with Crippen molar-refractivity contribution in [3.05, 3.63) is 20.8 Å². The number of hydrogen-bond donors (Lipinski definition) is 2. The van der Waals surface area contributed by atoms with Gasteiger partial charge in [0.15, 0.2) is 0 Å². The Labute approximate surface area is 124 Å². The number of halogens is 1. The SMILES string of the molecule is COCCNC(=O)CNC(=O)[C@@H](C)c1ccc(Br)s1. The van der Waals surface area contributed by atoms with Crippen LogP contribution in [0.3, 0.4) is 0 Å². The molecule has 0 spiro atoms. The molecule has 0 aliphatic rings. The predicted octanol–water partition coefficient (Wildman–Crippen LogP) is 1.49. The monoisotopic (exact) mass is 348 g/mol. The van der Waals surface area contributed by atoms with Crippen LogP contribution in [0.15, 0.2) is 15.9 Å². The molecule has 0 bridgehead atoms. The van der Waals surface area contributed by atoms with Gasteiger partial charge in [0, 0.05) is 18.5 Å². The maximum Gasteiger partial charge on any atom is 0.239 e. The van der Waals surface area contributed by atoms with Crippen molar-refractivity contribution < 1.29 is 14.3 Å². The smallest absolute Gasteiger partial charge is 0.239 e. The molecule has 19 heavy (non-hydrogen) atoms. The van der Waals surface area contributed by atoms with Gasteiger partial charge in [0.1, 0.15) is 0 Å². The van der Waals surface area contributed by atoms with E-state index >= 15 is 0 Å². The maximum absolute atomic E-state index is 11.9. The Bertz CT molecular complexity index is 436. The van der Waals surface area contributed by atoms with Crippen LogP contribution in [0.4, 0.5) is 0 Å². The van der Waals surface area contributed by atoms with E-state index < -0.39 is 0 Å². The minimum absolute atomic E-state index is 0.0145. The molecule has 0 radical (unpaired) electrons. The summed E-state index contributed by atoms with van der Waals surface area (Å²) in [6.07, 6.45) is 0. The largest absolute Gasteiger partial charge is 0.383 e. The zero-order valence-electron chi connectivity index (χ0n) is 10.9. The van der Waals surface area contributed by atoms with Crippen LogP contribution in [-0.2, 0) is 14.3 Å². The van der Waals surface area contributed by atoms with E-state index in [1.54, 1.807) is 7.11 Å². The minimum Gasteiger partial charge on any atom is -0.383 e. The topological polar surface area (TPSA) is 67.4 Å². The molecular formula is C12H17BrN2O3S. The van der Waals surface area contributed by atoms with Gasteiger partial charge >= 0.3 is 0 Å². The first-order chi connectivity index (χ1) is 9.04. The number of hydrogen-bond acceptors (Lipinski definition) is 4. The van der Waals surface area contributed by atoms with Crippen LogP contribution in [0.5, 0.6) is 0 Å². The number of thiophene rings is 1. The number of methoxy groups -OCH3 is 1. The third-order valence-electron chi connectivity index (χ3n) is 2.47. The summed E-state index contributed by atoms with van der Waals surface area (Å²) in [5.41, 5.74) is 0. The molecule has 0 aliphatic heterocycles. The Morgan fingerprint density at radius 2 is 2.16 bits per heavy atom. The first kappa shape index (κ1) is 16.1. The number of ether oxygens (including phenoxy) is 1. The Kier molecular flexibility index (Phi) is 7.04. The molecular weight excluding hydrogens is 332 g/mol. The Balaban J connectivity index is 2.32. The third-order valence-corrected chi connectivity index (χ3v) is 4.27. The second-order valence-corrected chi connectivity index (χ2v) is 6.42. The molecule has 0 saturated heterocycles. The normalized spacial score (nSPS) is 11.9. The first-order valence-electron chi connectivity index (χ1n) is 5.83. The van der Waals surface area contributed by atoms with E-state index in [9.17, 15) is 9.59 Å². The van der Waals surface area contributed by atoms with E-state index in [0.717, 1.165) is 8.66 Å². The van der Waals surface area contributed by atoms with Crippen molar-refractivity contribution in [1.29, 1.82) is 0 Å². The summed E-state index contributed by atoms with van der Waals surface area (Å²) in [6, 6.07) is 3.80. The molecule has 0 unspecified atom stereocenters. The number of carbonyl (C=O) groups is 2. The molecule has 1 heterocycles. The van der Waals surface area contributed by atoms with E-state index in [4.69, 9.17) is 4.74 Å². The fourth-order valence-corrected chi connectivity index (χ4v) is 2.84. The fourth-order valence-electron chi connectivity index (χ4n) is 1.37. The summed E-state index contributed by atoms with van der Waals surface area (Å²) in [5, 5.41) is 5.25. The Hall–Kier alpha value is -0.920. The second kappa shape index (κ2) is 8.29. The van der Waals surface area contributed by atoms with Crippen molar-refractivity contribution >= 4 is 39.1 Å². The van der Waals surface area contributed by atoms with Gasteiger partial charge < -0.3 is 15.4 Å². The van der Waals surface area contributed by atoms with Crippen LogP contribution in [0, 0.1) is 0 Å². The van der Waals surface area contributed by atoms with Crippen molar-refractivity contribution in [2.24, 2.45) is 0 Å². The lowest BCUT2D eigenvalue weighted by Gasteiger charge is -2.10. The van der Waals surface area contributed by atoms with Gasteiger partial charge in [-0.3, -0.25) is 9.59 Å². The molecule has 2 amide bonds. The van der Waals surface area contributed by atoms with Gasteiger partial charge in [0.05, 0.1) is 22.9 Å². The van der Waals surface area contributed by atoms with Crippen LogP contribution in [0.1, 0.15) is 17.7 Å². The fraction of sp³-hybridized carbons (Fsp3) is 0.500. The molecule has 1 atom stereocenters. The van der Waals surface area contributed by atoms with Crippen molar-refractivity contribution in [3.8, 4) is 0 Å². The zero-order chi connectivity index (χ0) is 14.3. The zero-order valence-corrected chi connectivity index (χ0v) is 13.3. The van der Waals surface area contributed by atoms with Gasteiger partial charge in [-0.2, -0.15) is 0 Å². The molecule has 1 aromatic rings. The van der Waals surface area contributed by atoms with Crippen molar-refractivity contribution in [2.75, 3.05) is 26.8 Å². The highest BCUT2D eigenvalue weighted by Crippen LogP contribution is 2.28. The summed E-state index contributed by atoms with van der Waals surface area (Å²) in [7, 11) is 1.56. The van der Waals surface area contributed by atoms with Gasteiger partial charge in [-0.05, 0) is 35.0 Å². The van der Waals surface area contributed by atoms with Gasteiger partial charge in [0.25, 0.3) is 0 Å². The average Bonchev–Trinajstić information content (AvgIpc) is 2.82. The van der Waals surface area contributed by atoms with E-state index in [1.165, 1.54) is 11.3 Å². The summed E-state index contributed by atoms with van der Waals surface area (Å²) >= 11 is 4.87. The average molecular weight is 349 g/mol. The van der Waals surface area contributed by atoms with E-state index in [0.29, 0.717) is 13.2 Å². The Morgan fingerprint density at radius 3 is 2.74 bits per heavy atom. The molecule has 5 nitrogen and oxygen atoms in total. The van der Waals surface area contributed by atoms with Crippen LogP contribution >= 0.6 is 27.3 Å². The Morgan fingerprint density at radius 1 is 1.42 bits per heavy atom. The standard InChI is InChI=1S/C12H17BrN2O3S/c1-8(9-3-4-10(13)19-9)12(17)15-7-11(16)14-5-6-18-2/h3-4,8H,5-7H2,1-2H3,(H,14,16)(H,15,17)/t8-/m0/s1. The van der Waals surface area contributed by atoms with Crippen LogP contribution in [0.25, 0.3) is 0 Å². The van der Waals surface area contributed by atoms with Gasteiger partial charge in [-0.1, -0.05) is 0 Å². The van der Waals surface area contributed by atoms with Crippen molar-refractivity contribution in [2.45, 2.75) is 12.8 Å². The lowest BCUT2D eigenvalue weighted by atomic mass is 10.1. The molecule has 106 valence electrons. The highest BCUT2D eigenvalue weighted by molar-refractivity contribution is 9.11. The second-order valence-electron chi connectivity index (χ2n) is 3.92.